The predicted octanol–water partition coefficient (Wildman–Crippen LogP) is 17.3. The highest BCUT2D eigenvalue weighted by atomic mass is 15.1. The number of anilines is 3. The van der Waals surface area contributed by atoms with Gasteiger partial charge in [-0.25, -0.2) is 0 Å². The van der Waals surface area contributed by atoms with E-state index >= 15 is 0 Å². The molecule has 0 spiro atoms. The molecule has 0 saturated carbocycles. The Morgan fingerprint density at radius 3 is 1.42 bits per heavy atom. The summed E-state index contributed by atoms with van der Waals surface area (Å²) in [5, 5.41) is 2.52. The monoisotopic (exact) mass is 839 g/mol. The van der Waals surface area contributed by atoms with Crippen molar-refractivity contribution >= 4 is 27.8 Å². The minimum atomic E-state index is -0.530. The van der Waals surface area contributed by atoms with Gasteiger partial charge in [-0.05, 0) is 102 Å². The van der Waals surface area contributed by atoms with Crippen molar-refractivity contribution in [2.45, 2.75) is 5.41 Å². The van der Waals surface area contributed by atoms with Crippen LogP contribution in [-0.4, -0.2) is 0 Å². The first-order chi connectivity index (χ1) is 32.8. The number of hydrogen-bond acceptors (Lipinski definition) is 1. The largest absolute Gasteiger partial charge is 0.309 e. The van der Waals surface area contributed by atoms with Gasteiger partial charge in [-0.2, -0.15) is 0 Å². The summed E-state index contributed by atoms with van der Waals surface area (Å²) in [7, 11) is 0. The van der Waals surface area contributed by atoms with Crippen molar-refractivity contribution in [3.63, 3.8) is 0 Å². The molecular formula is C65H45N. The zero-order valence-corrected chi connectivity index (χ0v) is 36.4. The Hall–Kier alpha value is -8.52. The lowest BCUT2D eigenvalue weighted by Crippen LogP contribution is -2.28. The zero-order valence-electron chi connectivity index (χ0n) is 36.4. The Kier molecular flexibility index (Phi) is 9.81. The van der Waals surface area contributed by atoms with Gasteiger partial charge in [0.15, 0.2) is 0 Å². The van der Waals surface area contributed by atoms with Crippen molar-refractivity contribution in [2.24, 2.45) is 0 Å². The second-order valence-electron chi connectivity index (χ2n) is 17.1. The van der Waals surface area contributed by atoms with Gasteiger partial charge in [-0.1, -0.05) is 249 Å². The maximum atomic E-state index is 2.51. The number of benzene rings is 11. The lowest BCUT2D eigenvalue weighted by molar-refractivity contribution is 0.768. The van der Waals surface area contributed by atoms with E-state index in [0.717, 1.165) is 22.6 Å². The van der Waals surface area contributed by atoms with Gasteiger partial charge in [0.2, 0.25) is 0 Å². The van der Waals surface area contributed by atoms with E-state index in [4.69, 9.17) is 0 Å². The zero-order chi connectivity index (χ0) is 43.9. The van der Waals surface area contributed by atoms with Crippen LogP contribution in [0.5, 0.6) is 0 Å². The number of nitrogens with zero attached hydrogens (tertiary/aromatic N) is 1. The molecule has 11 aromatic carbocycles. The molecule has 0 fully saturated rings. The molecule has 0 aliphatic heterocycles. The average molecular weight is 840 g/mol. The normalized spacial score (nSPS) is 12.4. The molecule has 0 amide bonds. The van der Waals surface area contributed by atoms with E-state index in [1.54, 1.807) is 0 Å². The molecule has 1 aliphatic rings. The van der Waals surface area contributed by atoms with Crippen LogP contribution in [0.1, 0.15) is 22.3 Å². The molecule has 1 nitrogen and oxygen atoms in total. The van der Waals surface area contributed by atoms with Gasteiger partial charge in [0.05, 0.1) is 16.8 Å². The minimum Gasteiger partial charge on any atom is -0.309 e. The second kappa shape index (κ2) is 16.6. The summed E-state index contributed by atoms with van der Waals surface area (Å²) in [5.41, 5.74) is 19.9. The first kappa shape index (κ1) is 39.1. The Bertz CT molecular complexity index is 3460. The van der Waals surface area contributed by atoms with Crippen LogP contribution in [0.15, 0.2) is 273 Å². The third-order valence-corrected chi connectivity index (χ3v) is 13.6. The van der Waals surface area contributed by atoms with Crippen LogP contribution < -0.4 is 4.90 Å². The molecule has 12 rings (SSSR count). The van der Waals surface area contributed by atoms with E-state index in [0.29, 0.717) is 0 Å². The minimum absolute atomic E-state index is 0.530. The van der Waals surface area contributed by atoms with Gasteiger partial charge >= 0.3 is 0 Å². The predicted molar refractivity (Wildman–Crippen MR) is 278 cm³/mol. The molecule has 66 heavy (non-hydrogen) atoms. The van der Waals surface area contributed by atoms with E-state index in [2.05, 4.69) is 278 Å². The van der Waals surface area contributed by atoms with Crippen LogP contribution in [0.3, 0.4) is 0 Å². The SMILES string of the molecule is c1ccc(-c2ccccc2-c2ccccc2N(c2ccc(-c3ccc(-c4cccc5ccccc45)cc3)cc2)c2cccc3c2-c2ccccc2C3(c2ccccc2)c2ccccc2)cc1. The van der Waals surface area contributed by atoms with Crippen LogP contribution >= 0.6 is 0 Å². The fourth-order valence-electron chi connectivity index (χ4n) is 10.7. The molecule has 0 aromatic heterocycles. The molecule has 0 heterocycles. The van der Waals surface area contributed by atoms with Crippen molar-refractivity contribution in [1.82, 2.24) is 0 Å². The van der Waals surface area contributed by atoms with Crippen LogP contribution in [0.25, 0.3) is 66.4 Å². The molecule has 0 atom stereocenters. The molecular weight excluding hydrogens is 795 g/mol. The maximum absolute atomic E-state index is 2.51. The third-order valence-electron chi connectivity index (χ3n) is 13.6. The summed E-state index contributed by atoms with van der Waals surface area (Å²) in [6.45, 7) is 0. The Morgan fingerprint density at radius 1 is 0.258 bits per heavy atom. The van der Waals surface area contributed by atoms with E-state index in [9.17, 15) is 0 Å². The van der Waals surface area contributed by atoms with Crippen molar-refractivity contribution in [3.8, 4) is 55.6 Å². The Balaban J connectivity index is 1.06. The highest BCUT2D eigenvalue weighted by Gasteiger charge is 2.47. The quantitative estimate of drug-likeness (QED) is 0.140. The van der Waals surface area contributed by atoms with Gasteiger partial charge in [0, 0.05) is 16.8 Å². The van der Waals surface area contributed by atoms with Crippen molar-refractivity contribution in [3.05, 3.63) is 295 Å². The number of hydrogen-bond donors (Lipinski definition) is 0. The number of para-hydroxylation sites is 1. The molecule has 1 heteroatoms. The Morgan fingerprint density at radius 2 is 0.712 bits per heavy atom. The van der Waals surface area contributed by atoms with E-state index in [1.807, 2.05) is 0 Å². The summed E-state index contributed by atoms with van der Waals surface area (Å²) in [5.74, 6) is 0. The van der Waals surface area contributed by atoms with Crippen LogP contribution in [-0.2, 0) is 5.41 Å². The van der Waals surface area contributed by atoms with E-state index in [1.165, 1.54) is 83.1 Å². The molecule has 310 valence electrons. The summed E-state index contributed by atoms with van der Waals surface area (Å²) in [6.07, 6.45) is 0. The van der Waals surface area contributed by atoms with Crippen molar-refractivity contribution in [2.75, 3.05) is 4.90 Å². The number of fused-ring (bicyclic) bond motifs is 4. The number of rotatable bonds is 9. The van der Waals surface area contributed by atoms with Gasteiger partial charge in [0.25, 0.3) is 0 Å². The molecule has 0 N–H and O–H groups in total. The fraction of sp³-hybridized carbons (Fsp3) is 0.0154. The Labute approximate surface area is 387 Å². The molecule has 0 saturated heterocycles. The molecule has 0 radical (unpaired) electrons. The van der Waals surface area contributed by atoms with Gasteiger partial charge in [-0.3, -0.25) is 0 Å². The summed E-state index contributed by atoms with van der Waals surface area (Å²) >= 11 is 0. The second-order valence-corrected chi connectivity index (χ2v) is 17.1. The average Bonchev–Trinajstić information content (AvgIpc) is 3.71. The standard InChI is InChI=1S/C65H45N/c1-4-20-48(21-5-1)56-29-12-13-30-57(56)58-31-15-17-36-62(58)66(53-44-42-47(43-45-53)46-38-40-50(41-39-46)55-33-18-23-49-22-10-11-28-54(49)55)63-37-19-35-61-64(63)59-32-14-16-34-60(59)65(61,51-24-6-2-7-25-51)52-26-8-3-9-27-52/h1-45H. The van der Waals surface area contributed by atoms with Crippen LogP contribution in [0.4, 0.5) is 17.1 Å². The van der Waals surface area contributed by atoms with Crippen molar-refractivity contribution in [1.29, 1.82) is 0 Å². The maximum Gasteiger partial charge on any atom is 0.0714 e. The first-order valence-corrected chi connectivity index (χ1v) is 22.8. The topological polar surface area (TPSA) is 3.24 Å². The summed E-state index contributed by atoms with van der Waals surface area (Å²) in [6, 6.07) is 100. The van der Waals surface area contributed by atoms with E-state index < -0.39 is 5.41 Å². The molecule has 0 bridgehead atoms. The highest BCUT2D eigenvalue weighted by molar-refractivity contribution is 6.01. The highest BCUT2D eigenvalue weighted by Crippen LogP contribution is 2.60. The van der Waals surface area contributed by atoms with Gasteiger partial charge in [-0.15, -0.1) is 0 Å². The molecule has 11 aromatic rings. The lowest BCUT2D eigenvalue weighted by atomic mass is 9.68. The van der Waals surface area contributed by atoms with E-state index in [-0.39, 0.29) is 0 Å². The first-order valence-electron chi connectivity index (χ1n) is 22.8. The van der Waals surface area contributed by atoms with Gasteiger partial charge < -0.3 is 4.90 Å². The van der Waals surface area contributed by atoms with Crippen molar-refractivity contribution < 1.29 is 0 Å². The molecule has 0 unspecified atom stereocenters. The lowest BCUT2D eigenvalue weighted by Gasteiger charge is -2.34. The van der Waals surface area contributed by atoms with Gasteiger partial charge in [0.1, 0.15) is 0 Å². The summed E-state index contributed by atoms with van der Waals surface area (Å²) in [4.78, 5) is 2.51. The fourth-order valence-corrected chi connectivity index (χ4v) is 10.7. The van der Waals surface area contributed by atoms with Crippen LogP contribution in [0, 0.1) is 0 Å². The van der Waals surface area contributed by atoms with Crippen LogP contribution in [0.2, 0.25) is 0 Å². The third kappa shape index (κ3) is 6.47. The summed E-state index contributed by atoms with van der Waals surface area (Å²) < 4.78 is 0. The smallest absolute Gasteiger partial charge is 0.0714 e. The molecule has 1 aliphatic carbocycles.